The predicted molar refractivity (Wildman–Crippen MR) is 72.5 cm³/mol. The van der Waals surface area contributed by atoms with Crippen molar-refractivity contribution in [2.24, 2.45) is 0 Å². The summed E-state index contributed by atoms with van der Waals surface area (Å²) in [6.07, 6.45) is -4.61. The van der Waals surface area contributed by atoms with Gasteiger partial charge < -0.3 is 9.84 Å². The number of halogens is 3. The van der Waals surface area contributed by atoms with Crippen molar-refractivity contribution >= 4 is 5.97 Å². The summed E-state index contributed by atoms with van der Waals surface area (Å²) < 4.78 is 44.3. The van der Waals surface area contributed by atoms with Crippen molar-refractivity contribution in [3.05, 3.63) is 47.5 Å². The number of ether oxygens (including phenoxy) is 1. The molecule has 124 valence electrons. The molecule has 0 spiro atoms. The lowest BCUT2D eigenvalue weighted by Crippen LogP contribution is -2.21. The van der Waals surface area contributed by atoms with E-state index in [0.29, 0.717) is 0 Å². The van der Waals surface area contributed by atoms with Gasteiger partial charge in [0.25, 0.3) is 5.82 Å². The highest BCUT2D eigenvalue weighted by Gasteiger charge is 2.33. The molecule has 1 heterocycles. The molecule has 0 amide bonds. The predicted octanol–water partition coefficient (Wildman–Crippen LogP) is 1.69. The second-order valence-electron chi connectivity index (χ2n) is 4.79. The van der Waals surface area contributed by atoms with Crippen molar-refractivity contribution in [1.82, 2.24) is 14.8 Å². The van der Waals surface area contributed by atoms with Gasteiger partial charge in [0.05, 0.1) is 25.3 Å². The summed E-state index contributed by atoms with van der Waals surface area (Å²) in [6, 6.07) is 5.04. The van der Waals surface area contributed by atoms with Crippen LogP contribution in [-0.4, -0.2) is 39.1 Å². The lowest BCUT2D eigenvalue weighted by atomic mass is 10.0. The van der Waals surface area contributed by atoms with Crippen molar-refractivity contribution < 1.29 is 27.8 Å². The maximum atomic E-state index is 12.9. The first-order valence-electron chi connectivity index (χ1n) is 6.62. The highest BCUT2D eigenvalue weighted by molar-refractivity contribution is 5.84. The molecule has 0 saturated heterocycles. The zero-order valence-electron chi connectivity index (χ0n) is 12.1. The van der Waals surface area contributed by atoms with Crippen LogP contribution >= 0.6 is 0 Å². The van der Waals surface area contributed by atoms with Crippen LogP contribution in [0, 0.1) is 0 Å². The maximum Gasteiger partial charge on any atom is 0.416 e. The Labute approximate surface area is 129 Å². The molecule has 1 aromatic carbocycles. The molecule has 23 heavy (non-hydrogen) atoms. The summed E-state index contributed by atoms with van der Waals surface area (Å²) in [5.74, 6) is -0.920. The molecule has 0 bridgehead atoms. The molecule has 0 fully saturated rings. The first-order chi connectivity index (χ1) is 10.8. The molecule has 1 unspecified atom stereocenters. The van der Waals surface area contributed by atoms with Crippen LogP contribution < -0.4 is 0 Å². The lowest BCUT2D eigenvalue weighted by Gasteiger charge is -2.15. The van der Waals surface area contributed by atoms with Crippen molar-refractivity contribution in [3.8, 4) is 0 Å². The maximum absolute atomic E-state index is 12.9. The van der Waals surface area contributed by atoms with Crippen molar-refractivity contribution in [2.75, 3.05) is 7.11 Å². The number of benzene rings is 1. The molecule has 0 aliphatic rings. The first-order valence-corrected chi connectivity index (χ1v) is 6.62. The van der Waals surface area contributed by atoms with E-state index in [9.17, 15) is 23.1 Å². The molecule has 2 rings (SSSR count). The minimum absolute atomic E-state index is 0.0131. The number of nitrogens with zero attached hydrogens (tertiary/aromatic N) is 3. The molecule has 0 aliphatic carbocycles. The van der Waals surface area contributed by atoms with Crippen LogP contribution in [0.1, 0.15) is 21.7 Å². The molecule has 1 atom stereocenters. The highest BCUT2D eigenvalue weighted by Crippen LogP contribution is 2.32. The Morgan fingerprint density at radius 3 is 2.74 bits per heavy atom. The van der Waals surface area contributed by atoms with Gasteiger partial charge in [-0.05, 0) is 11.6 Å². The van der Waals surface area contributed by atoms with Gasteiger partial charge in [-0.1, -0.05) is 18.2 Å². The summed E-state index contributed by atoms with van der Waals surface area (Å²) in [4.78, 5) is 14.9. The van der Waals surface area contributed by atoms with E-state index in [-0.39, 0.29) is 24.4 Å². The molecule has 0 radical (unpaired) electrons. The summed E-state index contributed by atoms with van der Waals surface area (Å²) >= 11 is 0. The first kappa shape index (κ1) is 16.9. The van der Waals surface area contributed by atoms with E-state index in [4.69, 9.17) is 0 Å². The van der Waals surface area contributed by atoms with E-state index in [1.54, 1.807) is 0 Å². The van der Waals surface area contributed by atoms with Crippen LogP contribution in [0.15, 0.2) is 30.6 Å². The average Bonchev–Trinajstić information content (AvgIpc) is 2.94. The standard InChI is InChI=1S/C14H14F3N3O3/c1-23-13(22)12-18-8-20(19-12)7-10(21)6-9-4-2-3-5-11(9)14(15,16)17/h2-5,8,10,21H,6-7H2,1H3. The number of aliphatic hydroxyl groups is 1. The summed E-state index contributed by atoms with van der Waals surface area (Å²) in [5.41, 5.74) is -0.798. The molecule has 2 aromatic rings. The van der Waals surface area contributed by atoms with Gasteiger partial charge in [0.2, 0.25) is 0 Å². The number of esters is 1. The Morgan fingerprint density at radius 2 is 2.09 bits per heavy atom. The molecular weight excluding hydrogens is 315 g/mol. The number of aromatic nitrogens is 3. The van der Waals surface area contributed by atoms with Crippen LogP contribution in [0.25, 0.3) is 0 Å². The highest BCUT2D eigenvalue weighted by atomic mass is 19.4. The number of carbonyl (C=O) groups excluding carboxylic acids is 1. The molecule has 0 aliphatic heterocycles. The van der Waals surface area contributed by atoms with Crippen molar-refractivity contribution in [3.63, 3.8) is 0 Å². The third-order valence-corrected chi connectivity index (χ3v) is 3.08. The second kappa shape index (κ2) is 6.78. The number of methoxy groups -OCH3 is 1. The fourth-order valence-corrected chi connectivity index (χ4v) is 2.08. The Morgan fingerprint density at radius 1 is 1.39 bits per heavy atom. The van der Waals surface area contributed by atoms with Gasteiger partial charge in [0.15, 0.2) is 0 Å². The van der Waals surface area contributed by atoms with E-state index in [2.05, 4.69) is 14.8 Å². The number of aliphatic hydroxyl groups excluding tert-OH is 1. The van der Waals surface area contributed by atoms with Crippen LogP contribution in [0.5, 0.6) is 0 Å². The van der Waals surface area contributed by atoms with Crippen molar-refractivity contribution in [1.29, 1.82) is 0 Å². The van der Waals surface area contributed by atoms with E-state index >= 15 is 0 Å². The van der Waals surface area contributed by atoms with Gasteiger partial charge in [-0.3, -0.25) is 0 Å². The summed E-state index contributed by atoms with van der Waals surface area (Å²) in [6.45, 7) is -0.101. The molecule has 1 aromatic heterocycles. The SMILES string of the molecule is COC(=O)c1ncn(CC(O)Cc2ccccc2C(F)(F)F)n1. The normalized spacial score (nSPS) is 12.9. The zero-order valence-corrected chi connectivity index (χ0v) is 12.1. The zero-order chi connectivity index (χ0) is 17.0. The smallest absolute Gasteiger partial charge is 0.416 e. The van der Waals surface area contributed by atoms with E-state index in [1.807, 2.05) is 0 Å². The molecule has 1 N–H and O–H groups in total. The van der Waals surface area contributed by atoms with Crippen LogP contribution in [-0.2, 0) is 23.9 Å². The number of hydrogen-bond donors (Lipinski definition) is 1. The van der Waals surface area contributed by atoms with Crippen LogP contribution in [0.2, 0.25) is 0 Å². The number of carbonyl (C=O) groups is 1. The van der Waals surface area contributed by atoms with Gasteiger partial charge >= 0.3 is 12.1 Å². The van der Waals surface area contributed by atoms with Gasteiger partial charge in [-0.25, -0.2) is 14.5 Å². The third-order valence-electron chi connectivity index (χ3n) is 3.08. The van der Waals surface area contributed by atoms with Crippen LogP contribution in [0.3, 0.4) is 0 Å². The summed E-state index contributed by atoms with van der Waals surface area (Å²) in [5, 5.41) is 13.8. The number of rotatable bonds is 5. The van der Waals surface area contributed by atoms with Crippen LogP contribution in [0.4, 0.5) is 13.2 Å². The minimum atomic E-state index is -4.48. The van der Waals surface area contributed by atoms with Gasteiger partial charge in [0.1, 0.15) is 6.33 Å². The Hall–Kier alpha value is -2.42. The van der Waals surface area contributed by atoms with E-state index in [1.165, 1.54) is 36.3 Å². The quantitative estimate of drug-likeness (QED) is 0.845. The Bertz CT molecular complexity index is 685. The number of alkyl halides is 3. The minimum Gasteiger partial charge on any atom is -0.463 e. The lowest BCUT2D eigenvalue weighted by molar-refractivity contribution is -0.138. The van der Waals surface area contributed by atoms with E-state index in [0.717, 1.165) is 6.07 Å². The number of hydrogen-bond acceptors (Lipinski definition) is 5. The van der Waals surface area contributed by atoms with Gasteiger partial charge in [-0.15, -0.1) is 5.10 Å². The second-order valence-corrected chi connectivity index (χ2v) is 4.79. The Kier molecular flexibility index (Phi) is 4.99. The molecular formula is C14H14F3N3O3. The monoisotopic (exact) mass is 329 g/mol. The largest absolute Gasteiger partial charge is 0.463 e. The van der Waals surface area contributed by atoms with Gasteiger partial charge in [-0.2, -0.15) is 13.2 Å². The fraction of sp³-hybridized carbons (Fsp3) is 0.357. The van der Waals surface area contributed by atoms with E-state index < -0.39 is 23.8 Å². The summed E-state index contributed by atoms with van der Waals surface area (Å²) in [7, 11) is 1.17. The fourth-order valence-electron chi connectivity index (χ4n) is 2.08. The van der Waals surface area contributed by atoms with Crippen molar-refractivity contribution in [2.45, 2.75) is 25.2 Å². The molecule has 0 saturated carbocycles. The average molecular weight is 329 g/mol. The van der Waals surface area contributed by atoms with Gasteiger partial charge in [0, 0.05) is 6.42 Å². The topological polar surface area (TPSA) is 77.2 Å². The third kappa shape index (κ3) is 4.28. The molecule has 9 heteroatoms. The molecule has 6 nitrogen and oxygen atoms in total. The Balaban J connectivity index is 2.07.